The van der Waals surface area contributed by atoms with Crippen LogP contribution in [0, 0.1) is 12.8 Å². The Bertz CT molecular complexity index is 626. The predicted octanol–water partition coefficient (Wildman–Crippen LogP) is 0.738. The number of nitrogens with one attached hydrogen (secondary N) is 1. The smallest absolute Gasteiger partial charge is 0.227 e. The zero-order chi connectivity index (χ0) is 16.3. The Morgan fingerprint density at radius 3 is 2.86 bits per heavy atom. The second-order valence-corrected chi connectivity index (χ2v) is 8.07. The van der Waals surface area contributed by atoms with Crippen LogP contribution in [0.2, 0.25) is 0 Å². The second-order valence-electron chi connectivity index (χ2n) is 5.81. The van der Waals surface area contributed by atoms with Crippen molar-refractivity contribution in [2.75, 3.05) is 25.9 Å². The number of aromatic nitrogens is 2. The summed E-state index contributed by atoms with van der Waals surface area (Å²) in [6, 6.07) is 0. The molecule has 124 valence electrons. The quantitative estimate of drug-likeness (QED) is 0.863. The monoisotopic (exact) mass is 328 g/mol. The van der Waals surface area contributed by atoms with Gasteiger partial charge in [0.2, 0.25) is 15.9 Å². The Balaban J connectivity index is 2.01. The van der Waals surface area contributed by atoms with Crippen molar-refractivity contribution in [3.05, 3.63) is 17.5 Å². The largest absolute Gasteiger partial charge is 0.341 e. The molecule has 22 heavy (non-hydrogen) atoms. The average Bonchev–Trinajstić information content (AvgIpc) is 2.91. The summed E-state index contributed by atoms with van der Waals surface area (Å²) in [5.41, 5.74) is 1.92. The highest BCUT2D eigenvalue weighted by molar-refractivity contribution is 7.89. The maximum atomic E-state index is 12.6. The van der Waals surface area contributed by atoms with Gasteiger partial charge in [-0.1, -0.05) is 0 Å². The lowest BCUT2D eigenvalue weighted by Crippen LogP contribution is -2.46. The lowest BCUT2D eigenvalue weighted by Gasteiger charge is -2.33. The third kappa shape index (κ3) is 3.67. The Labute approximate surface area is 131 Å². The van der Waals surface area contributed by atoms with E-state index < -0.39 is 10.0 Å². The molecular weight excluding hydrogens is 304 g/mol. The third-order valence-corrected chi connectivity index (χ3v) is 6.06. The summed E-state index contributed by atoms with van der Waals surface area (Å²) in [7, 11) is -1.47. The number of hydrogen-bond acceptors (Lipinski definition) is 4. The normalized spacial score (nSPS) is 20.0. The van der Waals surface area contributed by atoms with E-state index >= 15 is 0 Å². The van der Waals surface area contributed by atoms with E-state index in [0.717, 1.165) is 24.1 Å². The minimum atomic E-state index is -3.22. The first-order valence-electron chi connectivity index (χ1n) is 7.56. The van der Waals surface area contributed by atoms with Crippen LogP contribution < -0.4 is 0 Å². The minimum absolute atomic E-state index is 0.00315. The topological polar surface area (TPSA) is 86.4 Å². The average molecular weight is 328 g/mol. The number of carbonyl (C=O) groups excluding carboxylic acids is 1. The molecule has 1 unspecified atom stereocenters. The molecule has 1 N–H and O–H groups in total. The molecule has 0 saturated carbocycles. The van der Waals surface area contributed by atoms with Gasteiger partial charge < -0.3 is 4.90 Å². The molecule has 0 bridgehead atoms. The number of H-pyrrole nitrogens is 1. The zero-order valence-corrected chi connectivity index (χ0v) is 14.2. The van der Waals surface area contributed by atoms with E-state index in [4.69, 9.17) is 0 Å². The van der Waals surface area contributed by atoms with E-state index in [1.54, 1.807) is 25.1 Å². The van der Waals surface area contributed by atoms with E-state index in [1.165, 1.54) is 4.31 Å². The fourth-order valence-electron chi connectivity index (χ4n) is 2.76. The number of amides is 1. The van der Waals surface area contributed by atoms with Gasteiger partial charge >= 0.3 is 0 Å². The molecule has 0 radical (unpaired) electrons. The summed E-state index contributed by atoms with van der Waals surface area (Å²) in [5.74, 6) is -0.179. The van der Waals surface area contributed by atoms with E-state index in [2.05, 4.69) is 10.2 Å². The fraction of sp³-hybridized carbons (Fsp3) is 0.714. The molecule has 8 heteroatoms. The molecule has 2 rings (SSSR count). The molecular formula is C14H24N4O3S. The molecule has 2 heterocycles. The highest BCUT2D eigenvalue weighted by Crippen LogP contribution is 2.22. The zero-order valence-electron chi connectivity index (χ0n) is 13.4. The summed E-state index contributed by atoms with van der Waals surface area (Å²) >= 11 is 0. The Hall–Kier alpha value is -1.41. The first-order chi connectivity index (χ1) is 10.3. The molecule has 1 amide bonds. The van der Waals surface area contributed by atoms with Gasteiger partial charge in [0.15, 0.2) is 0 Å². The van der Waals surface area contributed by atoms with Crippen molar-refractivity contribution in [1.29, 1.82) is 0 Å². The molecule has 0 spiro atoms. The maximum absolute atomic E-state index is 12.6. The van der Waals surface area contributed by atoms with Gasteiger partial charge in [0, 0.05) is 37.9 Å². The summed E-state index contributed by atoms with van der Waals surface area (Å²) < 4.78 is 25.4. The van der Waals surface area contributed by atoms with Gasteiger partial charge in [0.1, 0.15) is 0 Å². The summed E-state index contributed by atoms with van der Waals surface area (Å²) in [4.78, 5) is 14.2. The minimum Gasteiger partial charge on any atom is -0.341 e. The Morgan fingerprint density at radius 2 is 2.27 bits per heavy atom. The van der Waals surface area contributed by atoms with E-state index in [1.807, 2.05) is 6.92 Å². The van der Waals surface area contributed by atoms with Crippen molar-refractivity contribution in [3.8, 4) is 0 Å². The van der Waals surface area contributed by atoms with Crippen LogP contribution in [0.4, 0.5) is 0 Å². The maximum Gasteiger partial charge on any atom is 0.227 e. The van der Waals surface area contributed by atoms with Crippen LogP contribution in [0.5, 0.6) is 0 Å². The number of rotatable bonds is 5. The van der Waals surface area contributed by atoms with Gasteiger partial charge in [0.25, 0.3) is 0 Å². The van der Waals surface area contributed by atoms with Crippen molar-refractivity contribution in [2.24, 2.45) is 5.92 Å². The van der Waals surface area contributed by atoms with Gasteiger partial charge in [-0.05, 0) is 26.7 Å². The van der Waals surface area contributed by atoms with Gasteiger partial charge in [0.05, 0.1) is 17.9 Å². The number of piperidine rings is 1. The molecule has 1 aromatic heterocycles. The highest BCUT2D eigenvalue weighted by atomic mass is 32.2. The lowest BCUT2D eigenvalue weighted by atomic mass is 9.98. The van der Waals surface area contributed by atoms with Crippen molar-refractivity contribution in [1.82, 2.24) is 19.4 Å². The molecule has 1 aliphatic rings. The number of aromatic amines is 1. The van der Waals surface area contributed by atoms with Crippen LogP contribution in [0.1, 0.15) is 31.0 Å². The van der Waals surface area contributed by atoms with Gasteiger partial charge in [-0.3, -0.25) is 9.89 Å². The van der Waals surface area contributed by atoms with E-state index in [-0.39, 0.29) is 17.6 Å². The molecule has 1 aromatic rings. The van der Waals surface area contributed by atoms with Crippen molar-refractivity contribution >= 4 is 15.9 Å². The second kappa shape index (κ2) is 6.78. The van der Waals surface area contributed by atoms with E-state index in [9.17, 15) is 13.2 Å². The van der Waals surface area contributed by atoms with E-state index in [0.29, 0.717) is 19.6 Å². The molecule has 1 atom stereocenters. The Kier molecular flexibility index (Phi) is 5.23. The number of carbonyl (C=O) groups is 1. The van der Waals surface area contributed by atoms with Crippen molar-refractivity contribution in [2.45, 2.75) is 33.2 Å². The van der Waals surface area contributed by atoms with Crippen LogP contribution in [0.3, 0.4) is 0 Å². The molecule has 0 aliphatic carbocycles. The van der Waals surface area contributed by atoms with Crippen molar-refractivity contribution < 1.29 is 13.2 Å². The number of nitrogens with zero attached hydrogens (tertiary/aromatic N) is 3. The SMILES string of the molecule is CCS(=O)(=O)N1CCCC(C(=O)N(C)Cc2cn[nH]c2C)C1. The standard InChI is InChI=1S/C14H24N4O3S/c1-4-22(20,21)18-7-5-6-12(10-18)14(19)17(3)9-13-8-15-16-11(13)2/h8,12H,4-7,9-10H2,1-3H3,(H,15,16). The molecule has 1 fully saturated rings. The summed E-state index contributed by atoms with van der Waals surface area (Å²) in [6.45, 7) is 4.85. The number of hydrogen-bond donors (Lipinski definition) is 1. The van der Waals surface area contributed by atoms with Crippen LogP contribution in [0.25, 0.3) is 0 Å². The van der Waals surface area contributed by atoms with Gasteiger partial charge in [-0.25, -0.2) is 12.7 Å². The van der Waals surface area contributed by atoms with Crippen LogP contribution in [-0.4, -0.2) is 59.6 Å². The van der Waals surface area contributed by atoms with Gasteiger partial charge in [-0.15, -0.1) is 0 Å². The molecule has 7 nitrogen and oxygen atoms in total. The summed E-state index contributed by atoms with van der Waals surface area (Å²) in [6.07, 6.45) is 3.19. The van der Waals surface area contributed by atoms with Crippen molar-refractivity contribution in [3.63, 3.8) is 0 Å². The fourth-order valence-corrected chi connectivity index (χ4v) is 3.94. The molecule has 1 aliphatic heterocycles. The molecule has 1 saturated heterocycles. The predicted molar refractivity (Wildman–Crippen MR) is 83.6 cm³/mol. The number of aryl methyl sites for hydroxylation is 1. The van der Waals surface area contributed by atoms with Crippen LogP contribution in [-0.2, 0) is 21.4 Å². The lowest BCUT2D eigenvalue weighted by molar-refractivity contribution is -0.135. The first-order valence-corrected chi connectivity index (χ1v) is 9.17. The van der Waals surface area contributed by atoms with Crippen LogP contribution in [0.15, 0.2) is 6.20 Å². The molecule has 0 aromatic carbocycles. The third-order valence-electron chi connectivity index (χ3n) is 4.21. The first kappa shape index (κ1) is 17.0. The Morgan fingerprint density at radius 1 is 1.55 bits per heavy atom. The number of sulfonamides is 1. The van der Waals surface area contributed by atoms with Gasteiger partial charge in [-0.2, -0.15) is 5.10 Å². The van der Waals surface area contributed by atoms with Crippen LogP contribution >= 0.6 is 0 Å². The highest BCUT2D eigenvalue weighted by Gasteiger charge is 2.32. The summed E-state index contributed by atoms with van der Waals surface area (Å²) in [5, 5.41) is 6.80.